The third-order valence-corrected chi connectivity index (χ3v) is 14.7. The smallest absolute Gasteiger partial charge is 0.132 e. The summed E-state index contributed by atoms with van der Waals surface area (Å²) in [4.78, 5) is 2.50. The number of benzene rings is 8. The fraction of sp³-hybridized carbons (Fsp3) is 0.0968. The Balaban J connectivity index is 0.975. The average Bonchev–Trinajstić information content (AvgIpc) is 4.02. The van der Waals surface area contributed by atoms with Crippen LogP contribution in [0, 0.1) is 11.8 Å². The molecule has 2 heterocycles. The molecule has 0 fully saturated rings. The van der Waals surface area contributed by atoms with Gasteiger partial charge in [-0.2, -0.15) is 0 Å². The van der Waals surface area contributed by atoms with Gasteiger partial charge in [0.25, 0.3) is 0 Å². The van der Waals surface area contributed by atoms with Crippen molar-refractivity contribution in [1.29, 1.82) is 0 Å². The van der Waals surface area contributed by atoms with Crippen molar-refractivity contribution in [2.75, 3.05) is 4.90 Å². The van der Waals surface area contributed by atoms with Crippen LogP contribution in [0.2, 0.25) is 0 Å². The molecule has 3 aliphatic carbocycles. The van der Waals surface area contributed by atoms with E-state index >= 15 is 0 Å². The molecule has 0 bridgehead atoms. The second-order valence-corrected chi connectivity index (χ2v) is 18.0. The zero-order valence-corrected chi connectivity index (χ0v) is 36.1. The highest BCUT2D eigenvalue weighted by Gasteiger charge is 2.53. The molecule has 3 nitrogen and oxygen atoms in total. The molecule has 8 aromatic carbocycles. The number of anilines is 2. The highest BCUT2D eigenvalue weighted by atomic mass is 16.5. The Labute approximate surface area is 380 Å². The summed E-state index contributed by atoms with van der Waals surface area (Å²) >= 11 is 0. The second kappa shape index (κ2) is 14.9. The first-order valence-corrected chi connectivity index (χ1v) is 22.9. The third-order valence-electron chi connectivity index (χ3n) is 14.7. The zero-order chi connectivity index (χ0) is 43.1. The predicted molar refractivity (Wildman–Crippen MR) is 268 cm³/mol. The van der Waals surface area contributed by atoms with Crippen LogP contribution in [0.5, 0.6) is 5.75 Å². The van der Waals surface area contributed by atoms with Gasteiger partial charge in [-0.3, -0.25) is 0 Å². The van der Waals surface area contributed by atoms with E-state index in [0.29, 0.717) is 0 Å². The van der Waals surface area contributed by atoms with Crippen molar-refractivity contribution >= 4 is 38.8 Å². The van der Waals surface area contributed by atoms with Crippen molar-refractivity contribution in [2.24, 2.45) is 11.8 Å². The lowest BCUT2D eigenvalue weighted by Crippen LogP contribution is -2.35. The highest BCUT2D eigenvalue weighted by Crippen LogP contribution is 2.60. The van der Waals surface area contributed by atoms with Gasteiger partial charge in [-0.1, -0.05) is 177 Å². The van der Waals surface area contributed by atoms with Gasteiger partial charge in [0.1, 0.15) is 11.9 Å². The number of hydrogen-bond acceptors (Lipinski definition) is 2. The molecule has 1 aromatic heterocycles. The average molecular weight is 835 g/mol. The van der Waals surface area contributed by atoms with Crippen molar-refractivity contribution in [3.63, 3.8) is 0 Å². The fourth-order valence-corrected chi connectivity index (χ4v) is 11.8. The van der Waals surface area contributed by atoms with E-state index in [4.69, 9.17) is 4.74 Å². The van der Waals surface area contributed by atoms with Crippen molar-refractivity contribution in [2.45, 2.75) is 24.4 Å². The van der Waals surface area contributed by atoms with Crippen LogP contribution in [-0.2, 0) is 5.41 Å². The van der Waals surface area contributed by atoms with E-state index < -0.39 is 5.41 Å². The highest BCUT2D eigenvalue weighted by molar-refractivity contribution is 6.10. The van der Waals surface area contributed by atoms with Gasteiger partial charge in [0.05, 0.1) is 16.4 Å². The molecule has 13 rings (SSSR count). The molecule has 4 atom stereocenters. The van der Waals surface area contributed by atoms with Crippen LogP contribution in [0.4, 0.5) is 11.4 Å². The first-order chi connectivity index (χ1) is 32.2. The first-order valence-electron chi connectivity index (χ1n) is 22.9. The van der Waals surface area contributed by atoms with E-state index in [-0.39, 0.29) is 23.9 Å². The molecule has 0 amide bonds. The fourth-order valence-electron chi connectivity index (χ4n) is 11.8. The number of allylic oxidation sites excluding steroid dienone is 6. The molecule has 0 spiro atoms. The summed E-state index contributed by atoms with van der Waals surface area (Å²) in [5.41, 5.74) is 16.8. The summed E-state index contributed by atoms with van der Waals surface area (Å²) in [6.07, 6.45) is 13.9. The summed E-state index contributed by atoms with van der Waals surface area (Å²) in [5.74, 6) is 1.50. The second-order valence-electron chi connectivity index (χ2n) is 18.0. The molecule has 0 saturated heterocycles. The lowest BCUT2D eigenvalue weighted by Gasteiger charge is -2.39. The number of fused-ring (bicyclic) bond motifs is 9. The number of hydrogen-bond donors (Lipinski definition) is 0. The monoisotopic (exact) mass is 834 g/mol. The van der Waals surface area contributed by atoms with Gasteiger partial charge in [-0.05, 0) is 100 Å². The van der Waals surface area contributed by atoms with Gasteiger partial charge in [-0.25, -0.2) is 0 Å². The van der Waals surface area contributed by atoms with Gasteiger partial charge >= 0.3 is 0 Å². The van der Waals surface area contributed by atoms with Gasteiger partial charge in [0, 0.05) is 62.4 Å². The molecule has 3 heteroatoms. The summed E-state index contributed by atoms with van der Waals surface area (Å²) in [5, 5.41) is 2.50. The molecular formula is C62H46N2O. The van der Waals surface area contributed by atoms with Crippen LogP contribution in [0.3, 0.4) is 0 Å². The summed E-state index contributed by atoms with van der Waals surface area (Å²) < 4.78 is 9.16. The minimum atomic E-state index is -0.395. The number of nitrogens with zero attached hydrogens (tertiary/aromatic N) is 2. The van der Waals surface area contributed by atoms with Gasteiger partial charge in [0.15, 0.2) is 0 Å². The number of para-hydroxylation sites is 3. The summed E-state index contributed by atoms with van der Waals surface area (Å²) in [7, 11) is 0. The van der Waals surface area contributed by atoms with Gasteiger partial charge < -0.3 is 14.2 Å². The molecule has 9 aromatic rings. The Bertz CT molecular complexity index is 3390. The minimum absolute atomic E-state index is 0.0705. The minimum Gasteiger partial charge on any atom is -0.484 e. The van der Waals surface area contributed by atoms with E-state index in [0.717, 1.165) is 17.1 Å². The first kappa shape index (κ1) is 37.7. The standard InChI is InChI=1S/C62H46N2O/c1-41-57(38-36-53-52-25-13-16-28-60(52)65-61(41)53)63(47-32-29-42(30-33-47)43-31-37-59-54(39-43)51-24-12-15-27-58(51)64(59)46-21-9-4-10-22-46)48-34-35-50-49-23-11-14-26-55(49)62(56(50)40-48,44-17-5-2-6-18-44)45-19-7-3-8-20-45/h2-41,49,55,61H,1H3. The van der Waals surface area contributed by atoms with E-state index in [1.807, 2.05) is 0 Å². The Morgan fingerprint density at radius 3 is 1.97 bits per heavy atom. The zero-order valence-electron chi connectivity index (χ0n) is 36.1. The van der Waals surface area contributed by atoms with Crippen LogP contribution in [0.1, 0.15) is 40.7 Å². The van der Waals surface area contributed by atoms with E-state index in [1.54, 1.807) is 0 Å². The summed E-state index contributed by atoms with van der Waals surface area (Å²) in [6, 6.07) is 73.7. The van der Waals surface area contributed by atoms with Crippen molar-refractivity contribution in [3.8, 4) is 22.6 Å². The molecule has 4 aliphatic rings. The predicted octanol–water partition coefficient (Wildman–Crippen LogP) is 15.1. The molecular weight excluding hydrogens is 789 g/mol. The van der Waals surface area contributed by atoms with Gasteiger partial charge in [-0.15, -0.1) is 0 Å². The Morgan fingerprint density at radius 1 is 0.538 bits per heavy atom. The topological polar surface area (TPSA) is 17.4 Å². The van der Waals surface area contributed by atoms with Crippen LogP contribution in [-0.4, -0.2) is 10.7 Å². The van der Waals surface area contributed by atoms with Crippen LogP contribution < -0.4 is 9.64 Å². The molecule has 4 unspecified atom stereocenters. The summed E-state index contributed by atoms with van der Waals surface area (Å²) in [6.45, 7) is 2.33. The molecule has 0 radical (unpaired) electrons. The maximum atomic E-state index is 6.78. The Morgan fingerprint density at radius 2 is 1.18 bits per heavy atom. The molecule has 310 valence electrons. The Kier molecular flexibility index (Phi) is 8.61. The maximum Gasteiger partial charge on any atom is 0.132 e. The molecule has 0 saturated carbocycles. The van der Waals surface area contributed by atoms with Crippen molar-refractivity contribution in [3.05, 3.63) is 270 Å². The largest absolute Gasteiger partial charge is 0.484 e. The molecule has 0 N–H and O–H groups in total. The molecule has 65 heavy (non-hydrogen) atoms. The Hall–Kier alpha value is -7.88. The normalized spacial score (nSPS) is 19.8. The lowest BCUT2D eigenvalue weighted by molar-refractivity contribution is 0.228. The maximum absolute atomic E-state index is 6.78. The lowest BCUT2D eigenvalue weighted by atomic mass is 9.63. The van der Waals surface area contributed by atoms with Crippen molar-refractivity contribution in [1.82, 2.24) is 4.57 Å². The molecule has 1 aliphatic heterocycles. The quantitative estimate of drug-likeness (QED) is 0.159. The van der Waals surface area contributed by atoms with Crippen LogP contribution in [0.25, 0.3) is 44.2 Å². The third kappa shape index (κ3) is 5.68. The van der Waals surface area contributed by atoms with Crippen LogP contribution >= 0.6 is 0 Å². The van der Waals surface area contributed by atoms with Crippen molar-refractivity contribution < 1.29 is 4.74 Å². The van der Waals surface area contributed by atoms with E-state index in [1.165, 1.54) is 77.7 Å². The number of ether oxygens (including phenoxy) is 1. The van der Waals surface area contributed by atoms with E-state index in [9.17, 15) is 0 Å². The van der Waals surface area contributed by atoms with Gasteiger partial charge in [0.2, 0.25) is 0 Å². The van der Waals surface area contributed by atoms with E-state index in [2.05, 4.69) is 253 Å². The number of rotatable bonds is 7. The number of aromatic nitrogens is 1. The van der Waals surface area contributed by atoms with Crippen LogP contribution in [0.15, 0.2) is 242 Å². The SMILES string of the molecule is CC1C(N(c2ccc(-c3ccc4c(c3)c3ccccc3n4-c3ccccc3)cc2)c2ccc3c(c2)C(c2ccccc2)(c2ccccc2)C2C=CC=CC32)=CC=C2c3ccccc3OC21.